The summed E-state index contributed by atoms with van der Waals surface area (Å²) in [6.45, 7) is 0.943. The zero-order valence-electron chi connectivity index (χ0n) is 13.4. The highest BCUT2D eigenvalue weighted by Crippen LogP contribution is 2.11. The Morgan fingerprint density at radius 2 is 1.64 bits per heavy atom. The summed E-state index contributed by atoms with van der Waals surface area (Å²) in [5.74, 6) is -0.511. The molecular weight excluding hydrogens is 319 g/mol. The maximum atomic E-state index is 12.9. The molecule has 2 heterocycles. The van der Waals surface area contributed by atoms with Gasteiger partial charge in [-0.15, -0.1) is 0 Å². The first kappa shape index (κ1) is 16.6. The van der Waals surface area contributed by atoms with Crippen molar-refractivity contribution in [2.75, 3.05) is 5.32 Å². The second-order valence-corrected chi connectivity index (χ2v) is 5.45. The van der Waals surface area contributed by atoms with E-state index in [4.69, 9.17) is 0 Å². The standard InChI is InChI=1S/C19H17FN4O/c20-16-3-1-14(2-4-16)12-23-17-7-10-22-18(11-17)19(25)24-13-15-5-8-21-9-6-15/h1-11H,12-13H2,(H,22,23)(H,24,25). The molecule has 0 atom stereocenters. The predicted octanol–water partition coefficient (Wildman–Crippen LogP) is 3.16. The average molecular weight is 336 g/mol. The third-order valence-corrected chi connectivity index (χ3v) is 3.60. The number of benzene rings is 1. The summed E-state index contributed by atoms with van der Waals surface area (Å²) < 4.78 is 12.9. The van der Waals surface area contributed by atoms with Gasteiger partial charge in [-0.25, -0.2) is 4.39 Å². The van der Waals surface area contributed by atoms with Crippen molar-refractivity contribution in [1.82, 2.24) is 15.3 Å². The van der Waals surface area contributed by atoms with Crippen LogP contribution in [0.25, 0.3) is 0 Å². The monoisotopic (exact) mass is 336 g/mol. The van der Waals surface area contributed by atoms with Crippen LogP contribution in [0.2, 0.25) is 0 Å². The summed E-state index contributed by atoms with van der Waals surface area (Å²) in [6.07, 6.45) is 4.94. The zero-order chi connectivity index (χ0) is 17.5. The summed E-state index contributed by atoms with van der Waals surface area (Å²) in [5.41, 5.74) is 3.02. The van der Waals surface area contributed by atoms with E-state index in [-0.39, 0.29) is 11.7 Å². The van der Waals surface area contributed by atoms with E-state index in [0.717, 1.165) is 16.8 Å². The fraction of sp³-hybridized carbons (Fsp3) is 0.105. The lowest BCUT2D eigenvalue weighted by atomic mass is 10.2. The second kappa shape index (κ2) is 8.01. The molecule has 0 aliphatic heterocycles. The molecule has 25 heavy (non-hydrogen) atoms. The normalized spacial score (nSPS) is 10.3. The third-order valence-electron chi connectivity index (χ3n) is 3.60. The van der Waals surface area contributed by atoms with Gasteiger partial charge in [0.15, 0.2) is 0 Å². The molecule has 1 amide bonds. The van der Waals surface area contributed by atoms with Crippen molar-refractivity contribution in [3.05, 3.63) is 89.8 Å². The van der Waals surface area contributed by atoms with E-state index in [1.54, 1.807) is 42.9 Å². The van der Waals surface area contributed by atoms with Crippen LogP contribution in [0.3, 0.4) is 0 Å². The minimum Gasteiger partial charge on any atom is -0.381 e. The Kier molecular flexibility index (Phi) is 5.31. The maximum absolute atomic E-state index is 12.9. The van der Waals surface area contributed by atoms with Crippen LogP contribution in [-0.2, 0) is 13.1 Å². The van der Waals surface area contributed by atoms with Gasteiger partial charge in [0, 0.05) is 37.4 Å². The van der Waals surface area contributed by atoms with Crippen LogP contribution in [0.4, 0.5) is 10.1 Å². The number of amides is 1. The minimum atomic E-state index is -0.263. The number of rotatable bonds is 6. The van der Waals surface area contributed by atoms with Gasteiger partial charge < -0.3 is 10.6 Å². The Hall–Kier alpha value is -3.28. The second-order valence-electron chi connectivity index (χ2n) is 5.45. The van der Waals surface area contributed by atoms with E-state index >= 15 is 0 Å². The number of hydrogen-bond donors (Lipinski definition) is 2. The van der Waals surface area contributed by atoms with Crippen LogP contribution < -0.4 is 10.6 Å². The number of nitrogens with one attached hydrogen (secondary N) is 2. The van der Waals surface area contributed by atoms with Crippen LogP contribution in [0.5, 0.6) is 0 Å². The van der Waals surface area contributed by atoms with E-state index in [2.05, 4.69) is 20.6 Å². The number of pyridine rings is 2. The van der Waals surface area contributed by atoms with Crippen molar-refractivity contribution in [2.24, 2.45) is 0 Å². The molecule has 0 aliphatic carbocycles. The number of carbonyl (C=O) groups excluding carboxylic acids is 1. The van der Waals surface area contributed by atoms with Gasteiger partial charge in [-0.3, -0.25) is 14.8 Å². The van der Waals surface area contributed by atoms with Gasteiger partial charge in [0.25, 0.3) is 5.91 Å². The van der Waals surface area contributed by atoms with Crippen LogP contribution >= 0.6 is 0 Å². The van der Waals surface area contributed by atoms with E-state index in [9.17, 15) is 9.18 Å². The summed E-state index contributed by atoms with van der Waals surface area (Å²) >= 11 is 0. The molecular formula is C19H17FN4O. The highest BCUT2D eigenvalue weighted by molar-refractivity contribution is 5.93. The van der Waals surface area contributed by atoms with Crippen molar-refractivity contribution >= 4 is 11.6 Å². The number of nitrogens with zero attached hydrogens (tertiary/aromatic N) is 2. The van der Waals surface area contributed by atoms with Gasteiger partial charge in [-0.1, -0.05) is 12.1 Å². The van der Waals surface area contributed by atoms with Crippen LogP contribution in [0.15, 0.2) is 67.1 Å². The Morgan fingerprint density at radius 3 is 2.40 bits per heavy atom. The van der Waals surface area contributed by atoms with Gasteiger partial charge in [-0.2, -0.15) is 0 Å². The lowest BCUT2D eigenvalue weighted by Gasteiger charge is -2.09. The number of hydrogen-bond acceptors (Lipinski definition) is 4. The molecule has 0 radical (unpaired) electrons. The van der Waals surface area contributed by atoms with Crippen molar-refractivity contribution in [3.63, 3.8) is 0 Å². The number of anilines is 1. The molecule has 0 aliphatic rings. The topological polar surface area (TPSA) is 66.9 Å². The molecule has 1 aromatic carbocycles. The number of aromatic nitrogens is 2. The van der Waals surface area contributed by atoms with E-state index in [0.29, 0.717) is 18.8 Å². The van der Waals surface area contributed by atoms with Crippen molar-refractivity contribution in [1.29, 1.82) is 0 Å². The van der Waals surface area contributed by atoms with E-state index in [1.807, 2.05) is 12.1 Å². The SMILES string of the molecule is O=C(NCc1ccncc1)c1cc(NCc2ccc(F)cc2)ccn1. The number of halogens is 1. The molecule has 2 aromatic heterocycles. The molecule has 3 aromatic rings. The van der Waals surface area contributed by atoms with Crippen LogP contribution in [0, 0.1) is 5.82 Å². The lowest BCUT2D eigenvalue weighted by molar-refractivity contribution is 0.0946. The molecule has 0 saturated carbocycles. The molecule has 0 fully saturated rings. The average Bonchev–Trinajstić information content (AvgIpc) is 2.67. The van der Waals surface area contributed by atoms with Gasteiger partial charge in [0.1, 0.15) is 11.5 Å². The minimum absolute atomic E-state index is 0.248. The highest BCUT2D eigenvalue weighted by Gasteiger charge is 2.08. The molecule has 5 nitrogen and oxygen atoms in total. The molecule has 0 saturated heterocycles. The lowest BCUT2D eigenvalue weighted by Crippen LogP contribution is -2.23. The van der Waals surface area contributed by atoms with Crippen LogP contribution in [-0.4, -0.2) is 15.9 Å². The van der Waals surface area contributed by atoms with Crippen molar-refractivity contribution < 1.29 is 9.18 Å². The van der Waals surface area contributed by atoms with Crippen LogP contribution in [0.1, 0.15) is 21.6 Å². The Balaban J connectivity index is 1.58. The van der Waals surface area contributed by atoms with Gasteiger partial charge >= 0.3 is 0 Å². The number of carbonyl (C=O) groups is 1. The Labute approximate surface area is 145 Å². The zero-order valence-corrected chi connectivity index (χ0v) is 13.4. The first-order valence-corrected chi connectivity index (χ1v) is 7.82. The molecule has 0 bridgehead atoms. The molecule has 3 rings (SSSR count). The molecule has 0 unspecified atom stereocenters. The van der Waals surface area contributed by atoms with Gasteiger partial charge in [0.2, 0.25) is 0 Å². The maximum Gasteiger partial charge on any atom is 0.270 e. The molecule has 6 heteroatoms. The fourth-order valence-electron chi connectivity index (χ4n) is 2.24. The Morgan fingerprint density at radius 1 is 0.920 bits per heavy atom. The van der Waals surface area contributed by atoms with Crippen molar-refractivity contribution in [2.45, 2.75) is 13.1 Å². The smallest absolute Gasteiger partial charge is 0.270 e. The first-order chi connectivity index (χ1) is 12.2. The van der Waals surface area contributed by atoms with E-state index < -0.39 is 0 Å². The summed E-state index contributed by atoms with van der Waals surface area (Å²) in [7, 11) is 0. The van der Waals surface area contributed by atoms with Crippen molar-refractivity contribution in [3.8, 4) is 0 Å². The first-order valence-electron chi connectivity index (χ1n) is 7.82. The largest absolute Gasteiger partial charge is 0.381 e. The van der Waals surface area contributed by atoms with Gasteiger partial charge in [0.05, 0.1) is 0 Å². The molecule has 2 N–H and O–H groups in total. The fourth-order valence-corrected chi connectivity index (χ4v) is 2.24. The highest BCUT2D eigenvalue weighted by atomic mass is 19.1. The summed E-state index contributed by atoms with van der Waals surface area (Å²) in [5, 5.41) is 6.02. The Bertz CT molecular complexity index is 838. The molecule has 126 valence electrons. The quantitative estimate of drug-likeness (QED) is 0.726. The van der Waals surface area contributed by atoms with Gasteiger partial charge in [-0.05, 0) is 47.5 Å². The molecule has 0 spiro atoms. The summed E-state index contributed by atoms with van der Waals surface area (Å²) in [6, 6.07) is 13.4. The summed E-state index contributed by atoms with van der Waals surface area (Å²) in [4.78, 5) is 20.3. The predicted molar refractivity (Wildman–Crippen MR) is 93.4 cm³/mol. The van der Waals surface area contributed by atoms with E-state index in [1.165, 1.54) is 12.1 Å². The third kappa shape index (κ3) is 4.84.